The van der Waals surface area contributed by atoms with Crippen molar-refractivity contribution in [3.8, 4) is 0 Å². The summed E-state index contributed by atoms with van der Waals surface area (Å²) in [5, 5.41) is 12.8. The number of nitrogens with two attached hydrogens (primary N) is 1. The molecule has 0 fully saturated rings. The van der Waals surface area contributed by atoms with E-state index in [1.54, 1.807) is 0 Å². The maximum Gasteiger partial charge on any atom is 0.135 e. The fourth-order valence-corrected chi connectivity index (χ4v) is 2.15. The quantitative estimate of drug-likeness (QED) is 0.744. The van der Waals surface area contributed by atoms with Crippen LogP contribution in [0.5, 0.6) is 0 Å². The molecule has 1 aromatic heterocycles. The van der Waals surface area contributed by atoms with E-state index in [0.29, 0.717) is 11.6 Å². The Morgan fingerprint density at radius 3 is 2.65 bits per heavy atom. The molecule has 0 saturated heterocycles. The molecule has 0 amide bonds. The fraction of sp³-hybridized carbons (Fsp3) is 0.333. The SMILES string of the molecule is CCc1c(N)ncnc1NC(CO)Cc1ccccc1. The number of aliphatic hydroxyl groups excluding tert-OH is 1. The smallest absolute Gasteiger partial charge is 0.135 e. The van der Waals surface area contributed by atoms with Crippen molar-refractivity contribution >= 4 is 11.6 Å². The van der Waals surface area contributed by atoms with Gasteiger partial charge in [0.1, 0.15) is 18.0 Å². The summed E-state index contributed by atoms with van der Waals surface area (Å²) in [7, 11) is 0. The van der Waals surface area contributed by atoms with Gasteiger partial charge >= 0.3 is 0 Å². The van der Waals surface area contributed by atoms with E-state index < -0.39 is 0 Å². The fourth-order valence-electron chi connectivity index (χ4n) is 2.15. The molecule has 0 spiro atoms. The molecule has 1 aromatic carbocycles. The lowest BCUT2D eigenvalue weighted by molar-refractivity contribution is 0.273. The third-order valence-corrected chi connectivity index (χ3v) is 3.22. The molecule has 0 aliphatic carbocycles. The number of rotatable bonds is 6. The third-order valence-electron chi connectivity index (χ3n) is 3.22. The van der Waals surface area contributed by atoms with Gasteiger partial charge < -0.3 is 16.2 Å². The molecule has 5 nitrogen and oxygen atoms in total. The van der Waals surface area contributed by atoms with Crippen molar-refractivity contribution in [3.63, 3.8) is 0 Å². The van der Waals surface area contributed by atoms with Gasteiger partial charge in [-0.2, -0.15) is 0 Å². The first-order valence-electron chi connectivity index (χ1n) is 6.75. The maximum atomic E-state index is 9.54. The zero-order valence-electron chi connectivity index (χ0n) is 11.6. The van der Waals surface area contributed by atoms with E-state index in [1.807, 2.05) is 37.3 Å². The molecule has 20 heavy (non-hydrogen) atoms. The maximum absolute atomic E-state index is 9.54. The third kappa shape index (κ3) is 3.45. The van der Waals surface area contributed by atoms with Gasteiger partial charge in [-0.1, -0.05) is 37.3 Å². The van der Waals surface area contributed by atoms with Gasteiger partial charge in [-0.25, -0.2) is 9.97 Å². The minimum absolute atomic E-state index is 0.0297. The van der Waals surface area contributed by atoms with Crippen molar-refractivity contribution < 1.29 is 5.11 Å². The number of hydrogen-bond donors (Lipinski definition) is 3. The van der Waals surface area contributed by atoms with Crippen molar-refractivity contribution in [2.24, 2.45) is 0 Å². The highest BCUT2D eigenvalue weighted by Crippen LogP contribution is 2.19. The van der Waals surface area contributed by atoms with Gasteiger partial charge in [0.2, 0.25) is 0 Å². The molecular weight excluding hydrogens is 252 g/mol. The van der Waals surface area contributed by atoms with Crippen molar-refractivity contribution in [2.45, 2.75) is 25.8 Å². The van der Waals surface area contributed by atoms with Gasteiger partial charge in [-0.15, -0.1) is 0 Å². The Kier molecular flexibility index (Phi) is 4.90. The van der Waals surface area contributed by atoms with Gasteiger partial charge in [0.25, 0.3) is 0 Å². The minimum atomic E-state index is -0.100. The molecule has 0 radical (unpaired) electrons. The summed E-state index contributed by atoms with van der Waals surface area (Å²) in [4.78, 5) is 8.22. The average molecular weight is 272 g/mol. The molecule has 0 aliphatic rings. The Hall–Kier alpha value is -2.14. The van der Waals surface area contributed by atoms with Crippen molar-refractivity contribution in [2.75, 3.05) is 17.7 Å². The van der Waals surface area contributed by atoms with Crippen LogP contribution in [-0.4, -0.2) is 27.7 Å². The Morgan fingerprint density at radius 2 is 2.00 bits per heavy atom. The monoisotopic (exact) mass is 272 g/mol. The van der Waals surface area contributed by atoms with Crippen LogP contribution in [0.25, 0.3) is 0 Å². The van der Waals surface area contributed by atoms with E-state index in [4.69, 9.17) is 5.73 Å². The molecule has 1 heterocycles. The molecule has 0 bridgehead atoms. The number of anilines is 2. The Morgan fingerprint density at radius 1 is 1.25 bits per heavy atom. The standard InChI is InChI=1S/C15H20N4O/c1-2-13-14(16)17-10-18-15(13)19-12(9-20)8-11-6-4-3-5-7-11/h3-7,10,12,20H,2,8-9H2,1H3,(H3,16,17,18,19). The summed E-state index contributed by atoms with van der Waals surface area (Å²) >= 11 is 0. The van der Waals surface area contributed by atoms with Crippen molar-refractivity contribution in [1.29, 1.82) is 0 Å². The first kappa shape index (κ1) is 14.3. The van der Waals surface area contributed by atoms with Crippen LogP contribution in [0.3, 0.4) is 0 Å². The lowest BCUT2D eigenvalue weighted by atomic mass is 10.1. The Bertz CT molecular complexity index is 545. The second kappa shape index (κ2) is 6.86. The first-order valence-corrected chi connectivity index (χ1v) is 6.75. The average Bonchev–Trinajstić information content (AvgIpc) is 2.48. The first-order chi connectivity index (χ1) is 9.74. The van der Waals surface area contributed by atoms with E-state index in [2.05, 4.69) is 15.3 Å². The highest BCUT2D eigenvalue weighted by Gasteiger charge is 2.13. The molecule has 4 N–H and O–H groups in total. The van der Waals surface area contributed by atoms with Crippen LogP contribution in [0.4, 0.5) is 11.6 Å². The second-order valence-electron chi connectivity index (χ2n) is 4.65. The predicted octanol–water partition coefficient (Wildman–Crippen LogP) is 1.64. The number of nitrogens with one attached hydrogen (secondary N) is 1. The van der Waals surface area contributed by atoms with E-state index in [-0.39, 0.29) is 12.6 Å². The normalized spacial score (nSPS) is 12.1. The van der Waals surface area contributed by atoms with Crippen molar-refractivity contribution in [1.82, 2.24) is 9.97 Å². The van der Waals surface area contributed by atoms with Crippen LogP contribution >= 0.6 is 0 Å². The van der Waals surface area contributed by atoms with Crippen molar-refractivity contribution in [3.05, 3.63) is 47.8 Å². The number of benzene rings is 1. The van der Waals surface area contributed by atoms with Crippen LogP contribution in [0.2, 0.25) is 0 Å². The molecule has 2 rings (SSSR count). The summed E-state index contributed by atoms with van der Waals surface area (Å²) in [6.45, 7) is 2.04. The van der Waals surface area contributed by atoms with Crippen LogP contribution in [-0.2, 0) is 12.8 Å². The molecule has 0 saturated carbocycles. The summed E-state index contributed by atoms with van der Waals surface area (Å²) in [6.07, 6.45) is 2.91. The molecule has 2 aromatic rings. The predicted molar refractivity (Wildman–Crippen MR) is 80.5 cm³/mol. The molecule has 106 valence electrons. The van der Waals surface area contributed by atoms with E-state index in [0.717, 1.165) is 18.4 Å². The number of aliphatic hydroxyl groups is 1. The van der Waals surface area contributed by atoms with Crippen LogP contribution in [0, 0.1) is 0 Å². The summed E-state index contributed by atoms with van der Waals surface area (Å²) in [5.41, 5.74) is 7.90. The van der Waals surface area contributed by atoms with Gasteiger partial charge in [0.15, 0.2) is 0 Å². The van der Waals surface area contributed by atoms with Gasteiger partial charge in [0, 0.05) is 5.56 Å². The molecule has 1 atom stereocenters. The van der Waals surface area contributed by atoms with Crippen LogP contribution < -0.4 is 11.1 Å². The lowest BCUT2D eigenvalue weighted by Crippen LogP contribution is -2.27. The topological polar surface area (TPSA) is 84.1 Å². The van der Waals surface area contributed by atoms with Gasteiger partial charge in [-0.05, 0) is 18.4 Å². The largest absolute Gasteiger partial charge is 0.394 e. The lowest BCUT2D eigenvalue weighted by Gasteiger charge is -2.19. The molecule has 5 heteroatoms. The van der Waals surface area contributed by atoms with Gasteiger partial charge in [-0.3, -0.25) is 0 Å². The summed E-state index contributed by atoms with van der Waals surface area (Å²) < 4.78 is 0. The van der Waals surface area contributed by atoms with Crippen LogP contribution in [0.15, 0.2) is 36.7 Å². The van der Waals surface area contributed by atoms with E-state index >= 15 is 0 Å². The number of nitrogen functional groups attached to an aromatic ring is 1. The minimum Gasteiger partial charge on any atom is -0.394 e. The summed E-state index contributed by atoms with van der Waals surface area (Å²) in [6, 6.07) is 9.94. The number of aromatic nitrogens is 2. The molecular formula is C15H20N4O. The Balaban J connectivity index is 2.12. The van der Waals surface area contributed by atoms with Crippen LogP contribution in [0.1, 0.15) is 18.1 Å². The number of hydrogen-bond acceptors (Lipinski definition) is 5. The van der Waals surface area contributed by atoms with E-state index in [1.165, 1.54) is 11.9 Å². The molecule has 0 aliphatic heterocycles. The van der Waals surface area contributed by atoms with E-state index in [9.17, 15) is 5.11 Å². The molecule has 1 unspecified atom stereocenters. The highest BCUT2D eigenvalue weighted by molar-refractivity contribution is 5.55. The number of nitrogens with zero attached hydrogens (tertiary/aromatic N) is 2. The highest BCUT2D eigenvalue weighted by atomic mass is 16.3. The Labute approximate surface area is 118 Å². The second-order valence-corrected chi connectivity index (χ2v) is 4.65. The zero-order chi connectivity index (χ0) is 14.4. The zero-order valence-corrected chi connectivity index (χ0v) is 11.6. The van der Waals surface area contributed by atoms with Gasteiger partial charge in [0.05, 0.1) is 12.6 Å². The summed E-state index contributed by atoms with van der Waals surface area (Å²) in [5.74, 6) is 1.19.